The third kappa shape index (κ3) is 3.51. The van der Waals surface area contributed by atoms with E-state index in [0.717, 1.165) is 16.7 Å². The molecule has 0 saturated carbocycles. The lowest BCUT2D eigenvalue weighted by atomic mass is 9.94. The maximum Gasteiger partial charge on any atom is 0.185 e. The number of carbonyl (C=O) groups excluding carboxylic acids is 1. The quantitative estimate of drug-likeness (QED) is 0.356. The van der Waals surface area contributed by atoms with Crippen molar-refractivity contribution in [2.24, 2.45) is 0 Å². The third-order valence-electron chi connectivity index (χ3n) is 4.61. The molecule has 0 spiro atoms. The average Bonchev–Trinajstić information content (AvgIpc) is 2.72. The second-order valence-corrected chi connectivity index (χ2v) is 6.36. The standard InChI is InChI=1S/C25H18O2/c26-21-15-12-20(13-16-21)25(27)17-14-19-7-2-4-10-23(19)24-11-5-8-18-6-1-3-9-22(18)24/h1-17,26H/b17-14+. The molecule has 0 fully saturated rings. The maximum atomic E-state index is 12.4. The minimum Gasteiger partial charge on any atom is -0.508 e. The van der Waals surface area contributed by atoms with E-state index in [9.17, 15) is 9.90 Å². The van der Waals surface area contributed by atoms with Crippen molar-refractivity contribution in [1.82, 2.24) is 0 Å². The van der Waals surface area contributed by atoms with Gasteiger partial charge in [0.05, 0.1) is 0 Å². The number of fused-ring (bicyclic) bond motifs is 1. The van der Waals surface area contributed by atoms with Crippen LogP contribution in [0.2, 0.25) is 0 Å². The van der Waals surface area contributed by atoms with E-state index in [-0.39, 0.29) is 11.5 Å². The Bertz CT molecular complexity index is 1130. The minimum absolute atomic E-state index is 0.0947. The van der Waals surface area contributed by atoms with Gasteiger partial charge in [-0.2, -0.15) is 0 Å². The first-order chi connectivity index (χ1) is 13.2. The highest BCUT2D eigenvalue weighted by atomic mass is 16.3. The molecular weight excluding hydrogens is 332 g/mol. The van der Waals surface area contributed by atoms with Crippen LogP contribution < -0.4 is 0 Å². The zero-order valence-electron chi connectivity index (χ0n) is 14.7. The van der Waals surface area contributed by atoms with E-state index in [4.69, 9.17) is 0 Å². The number of benzene rings is 4. The molecule has 27 heavy (non-hydrogen) atoms. The Morgan fingerprint density at radius 2 is 1.37 bits per heavy atom. The van der Waals surface area contributed by atoms with Crippen molar-refractivity contribution in [2.75, 3.05) is 0 Å². The lowest BCUT2D eigenvalue weighted by Crippen LogP contribution is -1.93. The Hall–Kier alpha value is -3.65. The van der Waals surface area contributed by atoms with Crippen molar-refractivity contribution in [1.29, 1.82) is 0 Å². The Labute approximate surface area is 158 Å². The number of hydrogen-bond donors (Lipinski definition) is 1. The van der Waals surface area contributed by atoms with Crippen LogP contribution in [0, 0.1) is 0 Å². The molecule has 130 valence electrons. The molecular formula is C25H18O2. The molecule has 0 radical (unpaired) electrons. The van der Waals surface area contributed by atoms with Crippen LogP contribution in [0.25, 0.3) is 28.0 Å². The summed E-state index contributed by atoms with van der Waals surface area (Å²) in [6.45, 7) is 0. The van der Waals surface area contributed by atoms with E-state index >= 15 is 0 Å². The fourth-order valence-electron chi connectivity index (χ4n) is 3.24. The molecule has 2 nitrogen and oxygen atoms in total. The molecule has 0 saturated heterocycles. The summed E-state index contributed by atoms with van der Waals surface area (Å²) >= 11 is 0. The summed E-state index contributed by atoms with van der Waals surface area (Å²) in [4.78, 5) is 12.4. The number of ketones is 1. The van der Waals surface area contributed by atoms with E-state index < -0.39 is 0 Å². The fourth-order valence-corrected chi connectivity index (χ4v) is 3.24. The Morgan fingerprint density at radius 3 is 2.22 bits per heavy atom. The summed E-state index contributed by atoms with van der Waals surface area (Å²) in [6.07, 6.45) is 3.43. The largest absolute Gasteiger partial charge is 0.508 e. The van der Waals surface area contributed by atoms with Crippen LogP contribution in [0.3, 0.4) is 0 Å². The third-order valence-corrected chi connectivity index (χ3v) is 4.61. The molecule has 0 aliphatic heterocycles. The van der Waals surface area contributed by atoms with Crippen LogP contribution in [-0.4, -0.2) is 10.9 Å². The van der Waals surface area contributed by atoms with E-state index in [0.29, 0.717) is 5.56 Å². The molecule has 0 aromatic heterocycles. The predicted octanol–water partition coefficient (Wildman–Crippen LogP) is 6.11. The predicted molar refractivity (Wildman–Crippen MR) is 111 cm³/mol. The van der Waals surface area contributed by atoms with Gasteiger partial charge in [-0.3, -0.25) is 4.79 Å². The van der Waals surface area contributed by atoms with Gasteiger partial charge in [0.25, 0.3) is 0 Å². The van der Waals surface area contributed by atoms with Crippen molar-refractivity contribution >= 4 is 22.6 Å². The second kappa shape index (κ2) is 7.30. The topological polar surface area (TPSA) is 37.3 Å². The molecule has 4 aromatic carbocycles. The van der Waals surface area contributed by atoms with Gasteiger partial charge in [-0.05, 0) is 57.8 Å². The van der Waals surface area contributed by atoms with Gasteiger partial charge >= 0.3 is 0 Å². The fraction of sp³-hybridized carbons (Fsp3) is 0. The van der Waals surface area contributed by atoms with Gasteiger partial charge in [0.2, 0.25) is 0 Å². The highest BCUT2D eigenvalue weighted by Gasteiger charge is 2.07. The van der Waals surface area contributed by atoms with Gasteiger partial charge in [-0.25, -0.2) is 0 Å². The smallest absolute Gasteiger partial charge is 0.185 e. The second-order valence-electron chi connectivity index (χ2n) is 6.36. The monoisotopic (exact) mass is 350 g/mol. The van der Waals surface area contributed by atoms with Crippen molar-refractivity contribution in [3.05, 3.63) is 108 Å². The number of allylic oxidation sites excluding steroid dienone is 1. The average molecular weight is 350 g/mol. The Balaban J connectivity index is 1.73. The summed E-state index contributed by atoms with van der Waals surface area (Å²) < 4.78 is 0. The van der Waals surface area contributed by atoms with Gasteiger partial charge in [0, 0.05) is 5.56 Å². The summed E-state index contributed by atoms with van der Waals surface area (Å²) in [5.74, 6) is 0.0551. The molecule has 4 aromatic rings. The highest BCUT2D eigenvalue weighted by Crippen LogP contribution is 2.31. The number of rotatable bonds is 4. The van der Waals surface area contributed by atoms with E-state index in [1.54, 1.807) is 18.2 Å². The lowest BCUT2D eigenvalue weighted by molar-refractivity contribution is 0.104. The summed E-state index contributed by atoms with van der Waals surface area (Å²) in [6, 6.07) is 28.9. The van der Waals surface area contributed by atoms with Crippen LogP contribution in [0.4, 0.5) is 0 Å². The number of phenolic OH excluding ortho intramolecular Hbond substituents is 1. The van der Waals surface area contributed by atoms with Gasteiger partial charge in [-0.1, -0.05) is 72.8 Å². The Morgan fingerprint density at radius 1 is 0.704 bits per heavy atom. The van der Waals surface area contributed by atoms with E-state index in [1.165, 1.54) is 22.9 Å². The van der Waals surface area contributed by atoms with Crippen LogP contribution in [-0.2, 0) is 0 Å². The maximum absolute atomic E-state index is 12.4. The molecule has 0 atom stereocenters. The first kappa shape index (κ1) is 16.8. The molecule has 2 heteroatoms. The first-order valence-electron chi connectivity index (χ1n) is 8.81. The number of hydrogen-bond acceptors (Lipinski definition) is 2. The summed E-state index contributed by atoms with van der Waals surface area (Å²) in [7, 11) is 0. The van der Waals surface area contributed by atoms with Crippen molar-refractivity contribution in [3.63, 3.8) is 0 Å². The normalized spacial score (nSPS) is 11.1. The van der Waals surface area contributed by atoms with E-state index in [2.05, 4.69) is 36.4 Å². The summed E-state index contributed by atoms with van der Waals surface area (Å²) in [5.41, 5.74) is 3.77. The molecule has 0 unspecified atom stereocenters. The van der Waals surface area contributed by atoms with Crippen LogP contribution in [0.1, 0.15) is 15.9 Å². The van der Waals surface area contributed by atoms with Gasteiger partial charge < -0.3 is 5.11 Å². The van der Waals surface area contributed by atoms with Crippen molar-refractivity contribution in [3.8, 4) is 16.9 Å². The molecule has 0 bridgehead atoms. The van der Waals surface area contributed by atoms with Crippen molar-refractivity contribution in [2.45, 2.75) is 0 Å². The van der Waals surface area contributed by atoms with Crippen LogP contribution >= 0.6 is 0 Å². The zero-order chi connectivity index (χ0) is 18.6. The van der Waals surface area contributed by atoms with Gasteiger partial charge in [0.1, 0.15) is 5.75 Å². The number of aromatic hydroxyl groups is 1. The van der Waals surface area contributed by atoms with Crippen LogP contribution in [0.5, 0.6) is 5.75 Å². The highest BCUT2D eigenvalue weighted by molar-refractivity contribution is 6.07. The van der Waals surface area contributed by atoms with Gasteiger partial charge in [0.15, 0.2) is 5.78 Å². The van der Waals surface area contributed by atoms with Crippen molar-refractivity contribution < 1.29 is 9.90 Å². The molecule has 0 aliphatic carbocycles. The molecule has 0 amide bonds. The van der Waals surface area contributed by atoms with Crippen LogP contribution in [0.15, 0.2) is 97.1 Å². The lowest BCUT2D eigenvalue weighted by Gasteiger charge is -2.10. The minimum atomic E-state index is -0.0947. The molecule has 0 aliphatic rings. The molecule has 4 rings (SSSR count). The molecule has 1 N–H and O–H groups in total. The van der Waals surface area contributed by atoms with Gasteiger partial charge in [-0.15, -0.1) is 0 Å². The SMILES string of the molecule is O=C(/C=C/c1ccccc1-c1cccc2ccccc12)c1ccc(O)cc1. The first-order valence-corrected chi connectivity index (χ1v) is 8.81. The Kier molecular flexibility index (Phi) is 4.54. The molecule has 0 heterocycles. The number of phenols is 1. The zero-order valence-corrected chi connectivity index (χ0v) is 14.7. The van der Waals surface area contributed by atoms with E-state index in [1.807, 2.05) is 36.4 Å². The number of carbonyl (C=O) groups is 1. The summed E-state index contributed by atoms with van der Waals surface area (Å²) in [5, 5.41) is 11.7.